The molecule has 8 heteroatoms. The Morgan fingerprint density at radius 1 is 0.189 bits per heavy atom. The number of fused-ring (bicyclic) bond motifs is 12. The van der Waals surface area contributed by atoms with Gasteiger partial charge in [-0.1, -0.05) is 146 Å². The van der Waals surface area contributed by atoms with Crippen molar-refractivity contribution in [2.45, 2.75) is 0 Å². The molecule has 0 spiro atoms. The van der Waals surface area contributed by atoms with Gasteiger partial charge in [0, 0.05) is 112 Å². The Hall–Kier alpha value is -12.3. The molecule has 90 heavy (non-hydrogen) atoms. The summed E-state index contributed by atoms with van der Waals surface area (Å²) < 4.78 is 9.47. The molecule has 6 aromatic heterocycles. The summed E-state index contributed by atoms with van der Waals surface area (Å²) in [6.07, 6.45) is 3.80. The van der Waals surface area contributed by atoms with Crippen molar-refractivity contribution in [2.24, 2.45) is 0 Å². The van der Waals surface area contributed by atoms with Gasteiger partial charge in [-0.15, -0.1) is 0 Å². The minimum atomic E-state index is 0.754. The maximum Gasteiger partial charge on any atom is 0.145 e. The summed E-state index contributed by atoms with van der Waals surface area (Å²) in [6.45, 7) is 0. The molecule has 0 atom stereocenters. The van der Waals surface area contributed by atoms with Crippen LogP contribution in [0.2, 0.25) is 0 Å². The molecule has 422 valence electrons. The van der Waals surface area contributed by atoms with Crippen molar-refractivity contribution in [3.8, 4) is 33.9 Å². The SMILES string of the molecule is c1cnc(N(c2ccc(-n3c4ccccc4c4ccccc43)cc2)c2ccc(-n3c4ccccc4c4ccccc43)cc2)c(-c2cccnc2N(c2ccc(-n3c4ccccc4c4ccccc43)cc2)c2ccc(-n3c4ccccc4c4ccccc43)cc2)c1. The van der Waals surface area contributed by atoms with Crippen LogP contribution in [0.1, 0.15) is 0 Å². The normalized spacial score (nSPS) is 11.8. The lowest BCUT2D eigenvalue weighted by Crippen LogP contribution is -2.15. The molecule has 0 radical (unpaired) electrons. The van der Waals surface area contributed by atoms with Crippen LogP contribution in [0.15, 0.2) is 328 Å². The van der Waals surface area contributed by atoms with Gasteiger partial charge in [-0.25, -0.2) is 9.97 Å². The van der Waals surface area contributed by atoms with Crippen molar-refractivity contribution in [3.05, 3.63) is 328 Å². The summed E-state index contributed by atoms with van der Waals surface area (Å²) in [5.74, 6) is 1.51. The summed E-state index contributed by atoms with van der Waals surface area (Å²) in [5.41, 5.74) is 19.2. The van der Waals surface area contributed by atoms with Crippen LogP contribution in [0, 0.1) is 0 Å². The second kappa shape index (κ2) is 20.7. The van der Waals surface area contributed by atoms with Gasteiger partial charge < -0.3 is 18.3 Å². The van der Waals surface area contributed by atoms with Crippen LogP contribution in [0.25, 0.3) is 121 Å². The van der Waals surface area contributed by atoms with Gasteiger partial charge in [0.15, 0.2) is 0 Å². The number of anilines is 6. The zero-order chi connectivity index (χ0) is 59.2. The van der Waals surface area contributed by atoms with Gasteiger partial charge >= 0.3 is 0 Å². The lowest BCUT2D eigenvalue weighted by molar-refractivity contribution is 1.14. The Balaban J connectivity index is 0.811. The molecule has 0 unspecified atom stereocenters. The zero-order valence-corrected chi connectivity index (χ0v) is 48.8. The summed E-state index contributed by atoms with van der Waals surface area (Å²) in [5, 5.41) is 9.78. The highest BCUT2D eigenvalue weighted by atomic mass is 15.2. The van der Waals surface area contributed by atoms with E-state index in [1.54, 1.807) is 0 Å². The van der Waals surface area contributed by atoms with E-state index in [2.05, 4.69) is 331 Å². The number of para-hydroxylation sites is 8. The number of benzene rings is 12. The monoisotopic (exact) mass is 1150 g/mol. The molecule has 0 saturated heterocycles. The minimum Gasteiger partial charge on any atom is -0.309 e. The van der Waals surface area contributed by atoms with E-state index in [1.165, 1.54) is 43.1 Å². The Kier molecular flexibility index (Phi) is 11.7. The summed E-state index contributed by atoms with van der Waals surface area (Å²) in [7, 11) is 0. The predicted octanol–water partition coefficient (Wildman–Crippen LogP) is 21.5. The largest absolute Gasteiger partial charge is 0.309 e. The third-order valence-electron chi connectivity index (χ3n) is 18.1. The van der Waals surface area contributed by atoms with Crippen LogP contribution in [-0.4, -0.2) is 28.2 Å². The quantitative estimate of drug-likeness (QED) is 0.130. The molecule has 6 heterocycles. The van der Waals surface area contributed by atoms with E-state index < -0.39 is 0 Å². The molecule has 0 saturated carbocycles. The fourth-order valence-electron chi connectivity index (χ4n) is 14.2. The smallest absolute Gasteiger partial charge is 0.145 e. The Labute approximate surface area is 518 Å². The van der Waals surface area contributed by atoms with Crippen molar-refractivity contribution in [1.29, 1.82) is 0 Å². The molecule has 8 nitrogen and oxygen atoms in total. The highest BCUT2D eigenvalue weighted by Crippen LogP contribution is 2.47. The molecule has 0 bridgehead atoms. The average molecular weight is 1150 g/mol. The molecule has 18 aromatic rings. The van der Waals surface area contributed by atoms with Crippen LogP contribution < -0.4 is 9.80 Å². The molecule has 0 N–H and O–H groups in total. The van der Waals surface area contributed by atoms with E-state index in [4.69, 9.17) is 9.97 Å². The van der Waals surface area contributed by atoms with Crippen molar-refractivity contribution in [2.75, 3.05) is 9.80 Å². The number of rotatable bonds is 11. The molecular weight excluding hydrogens is 1100 g/mol. The van der Waals surface area contributed by atoms with Crippen molar-refractivity contribution < 1.29 is 0 Å². The lowest BCUT2D eigenvalue weighted by Gasteiger charge is -2.30. The van der Waals surface area contributed by atoms with Crippen LogP contribution in [0.4, 0.5) is 34.4 Å². The van der Waals surface area contributed by atoms with E-state index in [0.29, 0.717) is 0 Å². The molecule has 12 aromatic carbocycles. The number of pyridine rings is 2. The molecule has 0 aliphatic heterocycles. The first kappa shape index (κ1) is 51.0. The van der Waals surface area contributed by atoms with Gasteiger partial charge in [0.05, 0.1) is 44.1 Å². The molecule has 0 amide bonds. The Morgan fingerprint density at radius 2 is 0.378 bits per heavy atom. The second-order valence-corrected chi connectivity index (χ2v) is 23.0. The van der Waals surface area contributed by atoms with E-state index in [-0.39, 0.29) is 0 Å². The standard InChI is InChI=1S/C82H54N8/c1-9-29-73-63(19-1)64-20-2-10-30-74(64)87(73)59-45-37-55(38-46-59)85(56-39-47-60(48-40-56)88-75-31-11-3-21-65(75)66-22-4-12-32-76(66)88)81-71(27-17-53-83-81)72-28-18-54-84-82(72)86(57-41-49-61(50-42-57)89-77-33-13-5-23-67(77)68-24-6-14-34-78(68)89)58-43-51-62(52-44-58)90-79-35-15-7-25-69(79)70-26-8-16-36-80(70)90/h1-54H. The van der Waals surface area contributed by atoms with Crippen molar-refractivity contribution in [1.82, 2.24) is 28.2 Å². The average Bonchev–Trinajstić information content (AvgIpc) is 2.10. The number of hydrogen-bond donors (Lipinski definition) is 0. The topological polar surface area (TPSA) is 52.0 Å². The first-order valence-corrected chi connectivity index (χ1v) is 30.6. The van der Waals surface area contributed by atoms with Gasteiger partial charge in [0.1, 0.15) is 11.6 Å². The van der Waals surface area contributed by atoms with E-state index in [9.17, 15) is 0 Å². The van der Waals surface area contributed by atoms with Crippen LogP contribution in [-0.2, 0) is 0 Å². The third-order valence-corrected chi connectivity index (χ3v) is 18.1. The minimum absolute atomic E-state index is 0.754. The second-order valence-electron chi connectivity index (χ2n) is 23.0. The third kappa shape index (κ3) is 8.02. The highest BCUT2D eigenvalue weighted by Gasteiger charge is 2.26. The first-order valence-electron chi connectivity index (χ1n) is 30.6. The van der Waals surface area contributed by atoms with Crippen LogP contribution in [0.3, 0.4) is 0 Å². The number of nitrogens with zero attached hydrogens (tertiary/aromatic N) is 8. The number of aromatic nitrogens is 6. The van der Waals surface area contributed by atoms with E-state index >= 15 is 0 Å². The van der Waals surface area contributed by atoms with E-state index in [0.717, 1.165) is 112 Å². The van der Waals surface area contributed by atoms with Gasteiger partial charge in [0.2, 0.25) is 0 Å². The van der Waals surface area contributed by atoms with Gasteiger partial charge in [-0.05, 0) is 170 Å². The fraction of sp³-hybridized carbons (Fsp3) is 0. The van der Waals surface area contributed by atoms with Crippen LogP contribution >= 0.6 is 0 Å². The lowest BCUT2D eigenvalue weighted by atomic mass is 10.0. The summed E-state index contributed by atoms with van der Waals surface area (Å²) in [6, 6.07) is 114. The van der Waals surface area contributed by atoms with Gasteiger partial charge in [-0.2, -0.15) is 0 Å². The van der Waals surface area contributed by atoms with Gasteiger partial charge in [0.25, 0.3) is 0 Å². The summed E-state index contributed by atoms with van der Waals surface area (Å²) in [4.78, 5) is 15.4. The molecule has 18 rings (SSSR count). The Bertz CT molecular complexity index is 4900. The molecule has 0 fully saturated rings. The highest BCUT2D eigenvalue weighted by molar-refractivity contribution is 6.12. The fourth-order valence-corrected chi connectivity index (χ4v) is 14.2. The Morgan fingerprint density at radius 3 is 0.578 bits per heavy atom. The molecule has 0 aliphatic rings. The van der Waals surface area contributed by atoms with E-state index in [1.807, 2.05) is 24.5 Å². The van der Waals surface area contributed by atoms with Crippen LogP contribution in [0.5, 0.6) is 0 Å². The molecular formula is C82H54N8. The van der Waals surface area contributed by atoms with Crippen molar-refractivity contribution >= 4 is 122 Å². The maximum absolute atomic E-state index is 5.41. The zero-order valence-electron chi connectivity index (χ0n) is 48.8. The maximum atomic E-state index is 5.41. The molecule has 0 aliphatic carbocycles. The predicted molar refractivity (Wildman–Crippen MR) is 374 cm³/mol. The van der Waals surface area contributed by atoms with Crippen molar-refractivity contribution in [3.63, 3.8) is 0 Å². The van der Waals surface area contributed by atoms with Gasteiger partial charge in [-0.3, -0.25) is 9.80 Å². The number of hydrogen-bond acceptors (Lipinski definition) is 4. The first-order chi connectivity index (χ1) is 44.7. The summed E-state index contributed by atoms with van der Waals surface area (Å²) >= 11 is 0.